The number of fused-ring (bicyclic) bond motifs is 3. The average molecular weight is 214 g/mol. The van der Waals surface area contributed by atoms with Crippen LogP contribution < -0.4 is 4.74 Å². The second-order valence-corrected chi connectivity index (χ2v) is 3.62. The summed E-state index contributed by atoms with van der Waals surface area (Å²) in [6.45, 7) is 0. The lowest BCUT2D eigenvalue weighted by molar-refractivity contribution is 0.374. The summed E-state index contributed by atoms with van der Waals surface area (Å²) in [5.74, 6) is 0.549. The highest BCUT2D eigenvalue weighted by Crippen LogP contribution is 2.36. The fraction of sp³-hybridized carbons (Fsp3) is 0.0769. The average Bonchev–Trinajstić information content (AvgIpc) is 2.66. The summed E-state index contributed by atoms with van der Waals surface area (Å²) in [5, 5.41) is 11.6. The molecule has 0 unspecified atom stereocenters. The lowest BCUT2D eigenvalue weighted by Crippen LogP contribution is -1.82. The van der Waals surface area contributed by atoms with Crippen molar-refractivity contribution in [3.8, 4) is 11.5 Å². The van der Waals surface area contributed by atoms with Crippen molar-refractivity contribution in [2.75, 3.05) is 7.11 Å². The number of furan rings is 1. The minimum Gasteiger partial charge on any atom is -0.504 e. The van der Waals surface area contributed by atoms with Gasteiger partial charge in [0.15, 0.2) is 11.5 Å². The van der Waals surface area contributed by atoms with Crippen LogP contribution in [0.2, 0.25) is 0 Å². The first-order chi connectivity index (χ1) is 7.79. The molecule has 0 aliphatic rings. The van der Waals surface area contributed by atoms with Crippen molar-refractivity contribution in [1.29, 1.82) is 0 Å². The van der Waals surface area contributed by atoms with E-state index in [1.165, 1.54) is 7.11 Å². The van der Waals surface area contributed by atoms with Gasteiger partial charge in [-0.25, -0.2) is 0 Å². The molecule has 3 heteroatoms. The minimum atomic E-state index is 0.126. The Labute approximate surface area is 91.9 Å². The summed E-state index contributed by atoms with van der Waals surface area (Å²) < 4.78 is 10.7. The van der Waals surface area contributed by atoms with Crippen LogP contribution in [0.4, 0.5) is 0 Å². The van der Waals surface area contributed by atoms with Gasteiger partial charge in [-0.05, 0) is 12.1 Å². The third-order valence-corrected chi connectivity index (χ3v) is 2.68. The van der Waals surface area contributed by atoms with Crippen LogP contribution >= 0.6 is 0 Å². The number of ether oxygens (including phenoxy) is 1. The molecule has 3 rings (SSSR count). The van der Waals surface area contributed by atoms with Gasteiger partial charge < -0.3 is 14.3 Å². The summed E-state index contributed by atoms with van der Waals surface area (Å²) in [6.07, 6.45) is 0. The normalized spacial score (nSPS) is 11.1. The molecule has 0 fully saturated rings. The number of aromatic hydroxyl groups is 1. The van der Waals surface area contributed by atoms with E-state index in [2.05, 4.69) is 0 Å². The second kappa shape index (κ2) is 3.17. The Balaban J connectivity index is 2.46. The van der Waals surface area contributed by atoms with Gasteiger partial charge in [0.25, 0.3) is 0 Å². The molecule has 3 aromatic rings. The molecule has 0 aliphatic carbocycles. The molecule has 0 aliphatic heterocycles. The van der Waals surface area contributed by atoms with Gasteiger partial charge in [0.2, 0.25) is 0 Å². The summed E-state index contributed by atoms with van der Waals surface area (Å²) >= 11 is 0. The number of benzene rings is 2. The van der Waals surface area contributed by atoms with E-state index in [1.807, 2.05) is 24.3 Å². The first-order valence-corrected chi connectivity index (χ1v) is 4.98. The van der Waals surface area contributed by atoms with Crippen LogP contribution in [0, 0.1) is 0 Å². The molecule has 1 heterocycles. The van der Waals surface area contributed by atoms with E-state index in [-0.39, 0.29) is 5.75 Å². The summed E-state index contributed by atoms with van der Waals surface area (Å²) in [4.78, 5) is 0. The van der Waals surface area contributed by atoms with Crippen molar-refractivity contribution in [2.45, 2.75) is 0 Å². The topological polar surface area (TPSA) is 42.6 Å². The van der Waals surface area contributed by atoms with Crippen molar-refractivity contribution in [2.24, 2.45) is 0 Å². The number of hydrogen-bond donors (Lipinski definition) is 1. The number of phenolic OH excluding ortho intramolecular Hbond substituents is 1. The first kappa shape index (κ1) is 9.09. The van der Waals surface area contributed by atoms with Gasteiger partial charge in [-0.3, -0.25) is 0 Å². The van der Waals surface area contributed by atoms with Crippen LogP contribution in [0.5, 0.6) is 11.5 Å². The molecule has 1 N–H and O–H groups in total. The highest BCUT2D eigenvalue weighted by atomic mass is 16.5. The van der Waals surface area contributed by atoms with Crippen LogP contribution in [0.3, 0.4) is 0 Å². The maximum atomic E-state index is 9.72. The van der Waals surface area contributed by atoms with Gasteiger partial charge in [0.1, 0.15) is 11.2 Å². The molecular formula is C13H10O3. The van der Waals surface area contributed by atoms with Gasteiger partial charge >= 0.3 is 0 Å². The highest BCUT2D eigenvalue weighted by Gasteiger charge is 2.10. The largest absolute Gasteiger partial charge is 0.504 e. The van der Waals surface area contributed by atoms with E-state index >= 15 is 0 Å². The number of rotatable bonds is 1. The summed E-state index contributed by atoms with van der Waals surface area (Å²) in [6, 6.07) is 11.1. The second-order valence-electron chi connectivity index (χ2n) is 3.62. The smallest absolute Gasteiger partial charge is 0.164 e. The Morgan fingerprint density at radius 1 is 1.06 bits per heavy atom. The Bertz CT molecular complexity index is 667. The van der Waals surface area contributed by atoms with Gasteiger partial charge in [-0.1, -0.05) is 18.2 Å². The molecule has 0 spiro atoms. The molecule has 0 atom stereocenters. The van der Waals surface area contributed by atoms with E-state index in [4.69, 9.17) is 9.15 Å². The van der Waals surface area contributed by atoms with E-state index in [0.717, 1.165) is 21.9 Å². The van der Waals surface area contributed by atoms with Gasteiger partial charge in [-0.15, -0.1) is 0 Å². The number of phenols is 1. The molecule has 2 aromatic carbocycles. The van der Waals surface area contributed by atoms with Crippen LogP contribution in [-0.2, 0) is 0 Å². The third-order valence-electron chi connectivity index (χ3n) is 2.68. The lowest BCUT2D eigenvalue weighted by atomic mass is 10.1. The van der Waals surface area contributed by atoms with Crippen molar-refractivity contribution < 1.29 is 14.3 Å². The van der Waals surface area contributed by atoms with Gasteiger partial charge in [0.05, 0.1) is 7.11 Å². The lowest BCUT2D eigenvalue weighted by Gasteiger charge is -2.01. The maximum absolute atomic E-state index is 9.72. The van der Waals surface area contributed by atoms with Crippen molar-refractivity contribution in [3.63, 3.8) is 0 Å². The number of methoxy groups -OCH3 is 1. The fourth-order valence-electron chi connectivity index (χ4n) is 1.90. The highest BCUT2D eigenvalue weighted by molar-refractivity contribution is 6.05. The quantitative estimate of drug-likeness (QED) is 0.675. The molecule has 0 saturated carbocycles. The molecule has 80 valence electrons. The number of hydrogen-bond acceptors (Lipinski definition) is 3. The van der Waals surface area contributed by atoms with Crippen LogP contribution in [0.25, 0.3) is 21.9 Å². The molecular weight excluding hydrogens is 204 g/mol. The monoisotopic (exact) mass is 214 g/mol. The van der Waals surface area contributed by atoms with Gasteiger partial charge in [-0.2, -0.15) is 0 Å². The maximum Gasteiger partial charge on any atom is 0.164 e. The van der Waals surface area contributed by atoms with E-state index in [9.17, 15) is 5.11 Å². The molecule has 0 amide bonds. The van der Waals surface area contributed by atoms with Crippen molar-refractivity contribution in [3.05, 3.63) is 36.4 Å². The Kier molecular flexibility index (Phi) is 1.80. The summed E-state index contributed by atoms with van der Waals surface area (Å²) in [7, 11) is 1.52. The molecule has 3 nitrogen and oxygen atoms in total. The zero-order valence-electron chi connectivity index (χ0n) is 8.73. The SMILES string of the molecule is COc1cc2oc3ccccc3c2cc1O. The fourth-order valence-corrected chi connectivity index (χ4v) is 1.90. The molecule has 0 saturated heterocycles. The Morgan fingerprint density at radius 3 is 2.69 bits per heavy atom. The molecule has 1 aromatic heterocycles. The predicted octanol–water partition coefficient (Wildman–Crippen LogP) is 3.30. The van der Waals surface area contributed by atoms with Crippen LogP contribution in [-0.4, -0.2) is 12.2 Å². The van der Waals surface area contributed by atoms with Crippen LogP contribution in [0.15, 0.2) is 40.8 Å². The summed E-state index contributed by atoms with van der Waals surface area (Å²) in [5.41, 5.74) is 1.53. The predicted molar refractivity (Wildman–Crippen MR) is 61.9 cm³/mol. The zero-order chi connectivity index (χ0) is 11.1. The molecule has 0 bridgehead atoms. The standard InChI is InChI=1S/C13H10O3/c1-15-13-7-12-9(6-10(13)14)8-4-2-3-5-11(8)16-12/h2-7,14H,1H3. The first-order valence-electron chi connectivity index (χ1n) is 4.98. The van der Waals surface area contributed by atoms with E-state index in [1.54, 1.807) is 12.1 Å². The molecule has 0 radical (unpaired) electrons. The minimum absolute atomic E-state index is 0.126. The number of para-hydroxylation sites is 1. The molecule has 16 heavy (non-hydrogen) atoms. The van der Waals surface area contributed by atoms with Gasteiger partial charge in [0, 0.05) is 16.8 Å². The zero-order valence-corrected chi connectivity index (χ0v) is 8.73. The van der Waals surface area contributed by atoms with E-state index in [0.29, 0.717) is 5.75 Å². The third kappa shape index (κ3) is 1.15. The Hall–Kier alpha value is -2.16. The van der Waals surface area contributed by atoms with Crippen molar-refractivity contribution in [1.82, 2.24) is 0 Å². The Morgan fingerprint density at radius 2 is 1.88 bits per heavy atom. The van der Waals surface area contributed by atoms with Crippen LogP contribution in [0.1, 0.15) is 0 Å². The van der Waals surface area contributed by atoms with Crippen molar-refractivity contribution >= 4 is 21.9 Å². The van der Waals surface area contributed by atoms with E-state index < -0.39 is 0 Å².